The third-order valence-electron chi connectivity index (χ3n) is 4.63. The lowest BCUT2D eigenvalue weighted by Crippen LogP contribution is -2.37. The van der Waals surface area contributed by atoms with Gasteiger partial charge < -0.3 is 25.2 Å². The first-order chi connectivity index (χ1) is 16.0. The van der Waals surface area contributed by atoms with Crippen molar-refractivity contribution in [2.45, 2.75) is 0 Å². The molecule has 33 heavy (non-hydrogen) atoms. The number of morpholine rings is 1. The summed E-state index contributed by atoms with van der Waals surface area (Å²) in [5, 5.41) is 37.2. The van der Waals surface area contributed by atoms with Crippen LogP contribution in [-0.2, 0) is 4.74 Å². The van der Waals surface area contributed by atoms with E-state index in [1.54, 1.807) is 12.1 Å². The number of phenols is 2. The highest BCUT2D eigenvalue weighted by Gasteiger charge is 2.17. The van der Waals surface area contributed by atoms with Crippen molar-refractivity contribution in [2.75, 3.05) is 41.9 Å². The molecule has 1 aromatic heterocycles. The second-order valence-electron chi connectivity index (χ2n) is 6.92. The zero-order valence-corrected chi connectivity index (χ0v) is 17.2. The Morgan fingerprint density at radius 2 is 1.79 bits per heavy atom. The van der Waals surface area contributed by atoms with Crippen molar-refractivity contribution >= 4 is 35.4 Å². The lowest BCUT2D eigenvalue weighted by atomic mass is 10.2. The van der Waals surface area contributed by atoms with Crippen molar-refractivity contribution in [3.63, 3.8) is 0 Å². The highest BCUT2D eigenvalue weighted by Crippen LogP contribution is 2.22. The summed E-state index contributed by atoms with van der Waals surface area (Å²) in [5.74, 6) is 0.566. The molecule has 0 aliphatic carbocycles. The Hall–Kier alpha value is -4.52. The topological polar surface area (TPSA) is 171 Å². The monoisotopic (exact) mass is 452 g/mol. The summed E-state index contributed by atoms with van der Waals surface area (Å²) in [4.78, 5) is 25.5. The van der Waals surface area contributed by atoms with Gasteiger partial charge in [0.1, 0.15) is 11.5 Å². The summed E-state index contributed by atoms with van der Waals surface area (Å²) in [6.07, 6.45) is 1.36. The van der Waals surface area contributed by atoms with Gasteiger partial charge in [-0.2, -0.15) is 20.1 Å². The summed E-state index contributed by atoms with van der Waals surface area (Å²) < 4.78 is 5.38. The second-order valence-corrected chi connectivity index (χ2v) is 6.92. The predicted molar refractivity (Wildman–Crippen MR) is 120 cm³/mol. The maximum atomic E-state index is 10.9. The molecule has 0 spiro atoms. The van der Waals surface area contributed by atoms with Gasteiger partial charge in [-0.1, -0.05) is 0 Å². The molecule has 4 N–H and O–H groups in total. The number of nitro benzene ring substituents is 1. The van der Waals surface area contributed by atoms with E-state index in [0.29, 0.717) is 43.5 Å². The van der Waals surface area contributed by atoms with E-state index in [0.717, 1.165) is 0 Å². The molecule has 2 heterocycles. The molecule has 1 aliphatic rings. The molecule has 13 nitrogen and oxygen atoms in total. The molecule has 1 fully saturated rings. The first-order valence-electron chi connectivity index (χ1n) is 9.89. The molecule has 0 atom stereocenters. The Labute approximate surface area is 187 Å². The smallest absolute Gasteiger partial charge is 0.269 e. The molecule has 1 saturated heterocycles. The minimum absolute atomic E-state index is 0.0284. The van der Waals surface area contributed by atoms with Gasteiger partial charge in [0.15, 0.2) is 0 Å². The van der Waals surface area contributed by atoms with Crippen LogP contribution in [0.2, 0.25) is 0 Å². The van der Waals surface area contributed by atoms with Crippen LogP contribution in [0, 0.1) is 10.1 Å². The first-order valence-corrected chi connectivity index (χ1v) is 9.89. The molecule has 0 saturated carbocycles. The molecular weight excluding hydrogens is 432 g/mol. The van der Waals surface area contributed by atoms with Gasteiger partial charge in [-0.15, -0.1) is 0 Å². The van der Waals surface area contributed by atoms with Gasteiger partial charge in [0.25, 0.3) is 5.69 Å². The minimum Gasteiger partial charge on any atom is -0.508 e. The van der Waals surface area contributed by atoms with Crippen LogP contribution < -0.4 is 15.6 Å². The minimum atomic E-state index is -0.477. The first kappa shape index (κ1) is 21.7. The third kappa shape index (κ3) is 5.59. The number of hydrogen-bond donors (Lipinski definition) is 4. The van der Waals surface area contributed by atoms with Crippen LogP contribution >= 0.6 is 0 Å². The number of non-ortho nitro benzene ring substituents is 1. The summed E-state index contributed by atoms with van der Waals surface area (Å²) >= 11 is 0. The number of nitrogens with zero attached hydrogens (tertiary/aromatic N) is 6. The van der Waals surface area contributed by atoms with E-state index in [4.69, 9.17) is 4.74 Å². The van der Waals surface area contributed by atoms with E-state index < -0.39 is 4.92 Å². The maximum Gasteiger partial charge on any atom is 0.269 e. The van der Waals surface area contributed by atoms with Crippen LogP contribution in [0.1, 0.15) is 5.56 Å². The number of phenolic OH excluding ortho intramolecular Hbond substituents is 2. The van der Waals surface area contributed by atoms with Crippen molar-refractivity contribution in [1.29, 1.82) is 0 Å². The summed E-state index contributed by atoms with van der Waals surface area (Å²) in [6, 6.07) is 9.98. The standard InChI is InChI=1S/C20H20N8O5/c29-16-6-1-13(17(30)11-16)12-21-26-19-23-18(22-14-2-4-15(5-3-14)28(31)32)24-20(25-19)27-7-9-33-10-8-27/h1-6,11-12,29-30H,7-10H2,(H2,22,23,24,25,26). The van der Waals surface area contributed by atoms with E-state index in [-0.39, 0.29) is 29.1 Å². The molecule has 0 bridgehead atoms. The van der Waals surface area contributed by atoms with Crippen LogP contribution in [0.15, 0.2) is 47.6 Å². The molecule has 0 unspecified atom stereocenters. The largest absolute Gasteiger partial charge is 0.508 e. The Kier molecular flexibility index (Phi) is 6.40. The average molecular weight is 452 g/mol. The molecule has 4 rings (SSSR count). The Bertz CT molecular complexity index is 1170. The highest BCUT2D eigenvalue weighted by molar-refractivity contribution is 5.84. The van der Waals surface area contributed by atoms with E-state index >= 15 is 0 Å². The molecular formula is C20H20N8O5. The lowest BCUT2D eigenvalue weighted by molar-refractivity contribution is -0.384. The fourth-order valence-corrected chi connectivity index (χ4v) is 2.97. The fraction of sp³-hybridized carbons (Fsp3) is 0.200. The highest BCUT2D eigenvalue weighted by atomic mass is 16.6. The van der Waals surface area contributed by atoms with Crippen LogP contribution in [-0.4, -0.2) is 62.6 Å². The zero-order chi connectivity index (χ0) is 23.2. The van der Waals surface area contributed by atoms with Gasteiger partial charge in [0.2, 0.25) is 17.8 Å². The van der Waals surface area contributed by atoms with E-state index in [1.807, 2.05) is 4.90 Å². The van der Waals surface area contributed by atoms with Gasteiger partial charge in [0.05, 0.1) is 24.4 Å². The normalized spacial score (nSPS) is 13.8. The van der Waals surface area contributed by atoms with Crippen molar-refractivity contribution < 1.29 is 19.9 Å². The quantitative estimate of drug-likeness (QED) is 0.235. The van der Waals surface area contributed by atoms with Crippen molar-refractivity contribution in [1.82, 2.24) is 15.0 Å². The van der Waals surface area contributed by atoms with Gasteiger partial charge in [-0.25, -0.2) is 5.43 Å². The van der Waals surface area contributed by atoms with Gasteiger partial charge in [-0.05, 0) is 24.3 Å². The van der Waals surface area contributed by atoms with Gasteiger partial charge >= 0.3 is 0 Å². The number of benzene rings is 2. The molecule has 0 radical (unpaired) electrons. The number of anilines is 4. The number of rotatable bonds is 7. The van der Waals surface area contributed by atoms with Crippen molar-refractivity contribution in [2.24, 2.45) is 5.10 Å². The van der Waals surface area contributed by atoms with Gasteiger partial charge in [-0.3, -0.25) is 10.1 Å². The average Bonchev–Trinajstić information content (AvgIpc) is 2.81. The molecule has 1 aliphatic heterocycles. The van der Waals surface area contributed by atoms with Gasteiger partial charge in [0, 0.05) is 42.5 Å². The van der Waals surface area contributed by atoms with E-state index in [9.17, 15) is 20.3 Å². The molecule has 3 aromatic rings. The lowest BCUT2D eigenvalue weighted by Gasteiger charge is -2.27. The van der Waals surface area contributed by atoms with Crippen LogP contribution in [0.25, 0.3) is 0 Å². The SMILES string of the molecule is O=[N+]([O-])c1ccc(Nc2nc(NN=Cc3ccc(O)cc3O)nc(N3CCOCC3)n2)cc1. The van der Waals surface area contributed by atoms with E-state index in [1.165, 1.54) is 36.5 Å². The number of nitro groups is 1. The maximum absolute atomic E-state index is 10.9. The van der Waals surface area contributed by atoms with Crippen molar-refractivity contribution in [3.05, 3.63) is 58.1 Å². The van der Waals surface area contributed by atoms with Crippen LogP contribution in [0.3, 0.4) is 0 Å². The Morgan fingerprint density at radius 1 is 1.06 bits per heavy atom. The number of hydrazone groups is 1. The Morgan fingerprint density at radius 3 is 2.48 bits per heavy atom. The van der Waals surface area contributed by atoms with Crippen LogP contribution in [0.4, 0.5) is 29.2 Å². The number of ether oxygens (including phenoxy) is 1. The zero-order valence-electron chi connectivity index (χ0n) is 17.2. The molecule has 170 valence electrons. The molecule has 13 heteroatoms. The number of aromatic hydroxyl groups is 2. The Balaban J connectivity index is 1.57. The summed E-state index contributed by atoms with van der Waals surface area (Å²) in [6.45, 7) is 2.28. The second kappa shape index (κ2) is 9.74. The van der Waals surface area contributed by atoms with E-state index in [2.05, 4.69) is 30.8 Å². The third-order valence-corrected chi connectivity index (χ3v) is 4.63. The van der Waals surface area contributed by atoms with Crippen molar-refractivity contribution in [3.8, 4) is 11.5 Å². The number of aromatic nitrogens is 3. The fourth-order valence-electron chi connectivity index (χ4n) is 2.97. The molecule has 2 aromatic carbocycles. The predicted octanol–water partition coefficient (Wildman–Crippen LogP) is 2.22. The summed E-state index contributed by atoms with van der Waals surface area (Å²) in [7, 11) is 0. The summed E-state index contributed by atoms with van der Waals surface area (Å²) in [5.41, 5.74) is 3.62. The number of hydrogen-bond acceptors (Lipinski definition) is 12. The van der Waals surface area contributed by atoms with Crippen LogP contribution in [0.5, 0.6) is 11.5 Å². The molecule has 0 amide bonds. The number of nitrogens with one attached hydrogen (secondary N) is 2.